The number of nitrogen functional groups attached to an aromatic ring is 1. The van der Waals surface area contributed by atoms with Crippen LogP contribution in [0.15, 0.2) is 64.8 Å². The van der Waals surface area contributed by atoms with Gasteiger partial charge in [0.05, 0.1) is 0 Å². The van der Waals surface area contributed by atoms with Crippen molar-refractivity contribution in [3.63, 3.8) is 0 Å². The molecule has 2 aromatic carbocycles. The van der Waals surface area contributed by atoms with Crippen LogP contribution in [-0.4, -0.2) is 11.7 Å². The Morgan fingerprint density at radius 2 is 1.32 bits per heavy atom. The Morgan fingerprint density at radius 1 is 0.737 bits per heavy atom. The van der Waals surface area contributed by atoms with Gasteiger partial charge in [-0.15, -0.1) is 10.2 Å². The second-order valence-electron chi connectivity index (χ2n) is 3.96. The van der Waals surface area contributed by atoms with E-state index in [1.54, 1.807) is 18.2 Å². The number of anilines is 1. The van der Waals surface area contributed by atoms with E-state index >= 15 is 0 Å². The van der Waals surface area contributed by atoms with Crippen molar-refractivity contribution >= 4 is 17.4 Å². The normalized spacial score (nSPS) is 12.4. The van der Waals surface area contributed by atoms with Crippen LogP contribution in [0.25, 0.3) is 0 Å². The van der Waals surface area contributed by atoms with Crippen LogP contribution in [0.5, 0.6) is 0 Å². The average molecular weight is 253 g/mol. The van der Waals surface area contributed by atoms with Gasteiger partial charge in [-0.05, 0) is 12.1 Å². The summed E-state index contributed by atoms with van der Waals surface area (Å²) in [5.74, 6) is 0.582. The number of nitrogens with zero attached hydrogens (tertiary/aromatic N) is 2. The van der Waals surface area contributed by atoms with Crippen molar-refractivity contribution in [1.29, 1.82) is 0 Å². The molecule has 0 spiro atoms. The third-order valence-corrected chi connectivity index (χ3v) is 2.52. The zero-order chi connectivity index (χ0) is 13.7. The molecule has 6 N–H and O–H groups in total. The Morgan fingerprint density at radius 3 is 1.95 bits per heavy atom. The Labute approximate surface area is 111 Å². The van der Waals surface area contributed by atoms with Gasteiger partial charge in [0.25, 0.3) is 0 Å². The van der Waals surface area contributed by atoms with E-state index in [2.05, 4.69) is 10.2 Å². The largest absolute Gasteiger partial charge is 0.399 e. The quantitative estimate of drug-likeness (QED) is 0.332. The highest BCUT2D eigenvalue weighted by Crippen LogP contribution is 2.06. The van der Waals surface area contributed by atoms with Gasteiger partial charge < -0.3 is 17.2 Å². The van der Waals surface area contributed by atoms with E-state index in [4.69, 9.17) is 17.2 Å². The monoisotopic (exact) mass is 253 g/mol. The lowest BCUT2D eigenvalue weighted by Gasteiger charge is -2.01. The molecule has 2 rings (SSSR count). The number of hydrogen-bond donors (Lipinski definition) is 3. The van der Waals surface area contributed by atoms with Gasteiger partial charge in [0.2, 0.25) is 0 Å². The summed E-state index contributed by atoms with van der Waals surface area (Å²) in [7, 11) is 0. The highest BCUT2D eigenvalue weighted by Gasteiger charge is 1.99. The molecular weight excluding hydrogens is 238 g/mol. The molecule has 0 saturated carbocycles. The third kappa shape index (κ3) is 3.32. The first-order valence-electron chi connectivity index (χ1n) is 5.75. The van der Waals surface area contributed by atoms with Gasteiger partial charge in [0.1, 0.15) is 0 Å². The maximum atomic E-state index is 5.82. The smallest absolute Gasteiger partial charge is 0.153 e. The van der Waals surface area contributed by atoms with Crippen molar-refractivity contribution in [3.8, 4) is 0 Å². The van der Waals surface area contributed by atoms with E-state index in [1.807, 2.05) is 36.4 Å². The molecule has 5 nitrogen and oxygen atoms in total. The molecule has 0 heterocycles. The first-order valence-corrected chi connectivity index (χ1v) is 5.75. The van der Waals surface area contributed by atoms with Gasteiger partial charge in [-0.1, -0.05) is 42.5 Å². The molecule has 0 unspecified atom stereocenters. The Balaban J connectivity index is 2.22. The second kappa shape index (κ2) is 5.68. The Kier molecular flexibility index (Phi) is 3.78. The van der Waals surface area contributed by atoms with Crippen LogP contribution in [0.4, 0.5) is 5.69 Å². The van der Waals surface area contributed by atoms with E-state index < -0.39 is 0 Å². The minimum Gasteiger partial charge on any atom is -0.399 e. The van der Waals surface area contributed by atoms with Gasteiger partial charge >= 0.3 is 0 Å². The molecule has 0 aliphatic carbocycles. The second-order valence-corrected chi connectivity index (χ2v) is 3.96. The molecule has 0 bridgehead atoms. The van der Waals surface area contributed by atoms with Gasteiger partial charge in [-0.25, -0.2) is 0 Å². The third-order valence-electron chi connectivity index (χ3n) is 2.52. The minimum atomic E-state index is 0.270. The van der Waals surface area contributed by atoms with Gasteiger partial charge in [0, 0.05) is 16.8 Å². The summed E-state index contributed by atoms with van der Waals surface area (Å²) in [5.41, 5.74) is 19.4. The standard InChI is InChI=1S/C14H15N5/c15-12-8-4-7-11(9-12)14(17)19-18-13(16)10-5-2-1-3-6-10/h1-9H,15H2,(H2,16,18)(H2,17,19). The number of nitrogens with two attached hydrogens (primary N) is 3. The highest BCUT2D eigenvalue weighted by atomic mass is 15.3. The van der Waals surface area contributed by atoms with E-state index in [9.17, 15) is 0 Å². The summed E-state index contributed by atoms with van der Waals surface area (Å²) in [5, 5.41) is 7.83. The lowest BCUT2D eigenvalue weighted by molar-refractivity contribution is 1.20. The predicted molar refractivity (Wildman–Crippen MR) is 78.7 cm³/mol. The molecule has 0 aliphatic rings. The maximum absolute atomic E-state index is 5.82. The maximum Gasteiger partial charge on any atom is 0.153 e. The van der Waals surface area contributed by atoms with Crippen LogP contribution in [0.2, 0.25) is 0 Å². The summed E-state index contributed by atoms with van der Waals surface area (Å²) >= 11 is 0. The zero-order valence-corrected chi connectivity index (χ0v) is 10.3. The molecule has 0 atom stereocenters. The van der Waals surface area contributed by atoms with Crippen LogP contribution in [0.1, 0.15) is 11.1 Å². The van der Waals surface area contributed by atoms with Crippen molar-refractivity contribution < 1.29 is 0 Å². The fourth-order valence-corrected chi connectivity index (χ4v) is 1.53. The molecule has 19 heavy (non-hydrogen) atoms. The molecule has 2 aromatic rings. The molecule has 0 aromatic heterocycles. The van der Waals surface area contributed by atoms with Gasteiger partial charge in [-0.2, -0.15) is 0 Å². The van der Waals surface area contributed by atoms with Crippen molar-refractivity contribution in [2.24, 2.45) is 21.7 Å². The van der Waals surface area contributed by atoms with Crippen molar-refractivity contribution in [2.45, 2.75) is 0 Å². The lowest BCUT2D eigenvalue weighted by Crippen LogP contribution is -2.16. The van der Waals surface area contributed by atoms with Crippen LogP contribution in [0.3, 0.4) is 0 Å². The van der Waals surface area contributed by atoms with Crippen LogP contribution in [-0.2, 0) is 0 Å². The first-order chi connectivity index (χ1) is 9.16. The number of hydrogen-bond acceptors (Lipinski definition) is 3. The Bertz CT molecular complexity index is 617. The molecule has 5 heteroatoms. The molecule has 0 fully saturated rings. The van der Waals surface area contributed by atoms with E-state index in [-0.39, 0.29) is 5.84 Å². The number of rotatable bonds is 3. The SMILES string of the molecule is N/C(=N\N=C(/N)c1cccc(N)c1)c1ccccc1. The summed E-state index contributed by atoms with van der Waals surface area (Å²) in [6, 6.07) is 16.5. The fourth-order valence-electron chi connectivity index (χ4n) is 1.53. The number of benzene rings is 2. The molecular formula is C14H15N5. The fraction of sp³-hybridized carbons (Fsp3) is 0. The first kappa shape index (κ1) is 12.6. The molecule has 0 aliphatic heterocycles. The average Bonchev–Trinajstić information content (AvgIpc) is 2.45. The van der Waals surface area contributed by atoms with Crippen molar-refractivity contribution in [2.75, 3.05) is 5.73 Å². The summed E-state index contributed by atoms with van der Waals surface area (Å²) < 4.78 is 0. The van der Waals surface area contributed by atoms with E-state index in [0.717, 1.165) is 5.56 Å². The summed E-state index contributed by atoms with van der Waals surface area (Å²) in [6.45, 7) is 0. The number of amidine groups is 2. The van der Waals surface area contributed by atoms with E-state index in [0.29, 0.717) is 17.1 Å². The molecule has 96 valence electrons. The van der Waals surface area contributed by atoms with Crippen LogP contribution < -0.4 is 17.2 Å². The predicted octanol–water partition coefficient (Wildman–Crippen LogP) is 1.29. The van der Waals surface area contributed by atoms with Gasteiger partial charge in [-0.3, -0.25) is 0 Å². The molecule has 0 saturated heterocycles. The van der Waals surface area contributed by atoms with Gasteiger partial charge in [0.15, 0.2) is 11.7 Å². The van der Waals surface area contributed by atoms with Crippen LogP contribution in [0, 0.1) is 0 Å². The Hall–Kier alpha value is -2.82. The highest BCUT2D eigenvalue weighted by molar-refractivity contribution is 6.00. The summed E-state index contributed by atoms with van der Waals surface area (Å²) in [6.07, 6.45) is 0. The summed E-state index contributed by atoms with van der Waals surface area (Å²) in [4.78, 5) is 0. The topological polar surface area (TPSA) is 103 Å². The van der Waals surface area contributed by atoms with Crippen molar-refractivity contribution in [1.82, 2.24) is 0 Å². The molecule has 0 amide bonds. The van der Waals surface area contributed by atoms with Crippen molar-refractivity contribution in [3.05, 3.63) is 65.7 Å². The lowest BCUT2D eigenvalue weighted by atomic mass is 10.2. The minimum absolute atomic E-state index is 0.270. The molecule has 0 radical (unpaired) electrons. The van der Waals surface area contributed by atoms with Crippen LogP contribution >= 0.6 is 0 Å². The van der Waals surface area contributed by atoms with E-state index in [1.165, 1.54) is 0 Å². The zero-order valence-electron chi connectivity index (χ0n) is 10.3.